The second-order valence-corrected chi connectivity index (χ2v) is 4.62. The highest BCUT2D eigenvalue weighted by atomic mass is 16.5. The predicted octanol–water partition coefficient (Wildman–Crippen LogP) is 2.97. The minimum Gasteiger partial charge on any atom is -0.494 e. The van der Waals surface area contributed by atoms with Crippen LogP contribution >= 0.6 is 0 Å². The Morgan fingerprint density at radius 2 is 2.05 bits per heavy atom. The topological polar surface area (TPSA) is 63.5 Å². The van der Waals surface area contributed by atoms with E-state index < -0.39 is 0 Å². The number of carbonyl (C=O) groups is 1. The Bertz CT molecular complexity index is 549. The quantitative estimate of drug-likeness (QED) is 0.822. The first kappa shape index (κ1) is 15.1. The summed E-state index contributed by atoms with van der Waals surface area (Å²) >= 11 is 0. The highest BCUT2D eigenvalue weighted by molar-refractivity contribution is 5.92. The summed E-state index contributed by atoms with van der Waals surface area (Å²) in [6.07, 6.45) is 1.62. The van der Waals surface area contributed by atoms with E-state index in [1.165, 1.54) is 0 Å². The molecule has 0 fully saturated rings. The summed E-state index contributed by atoms with van der Waals surface area (Å²) in [6.45, 7) is 4.72. The van der Waals surface area contributed by atoms with Crippen LogP contribution in [-0.4, -0.2) is 19.1 Å². The Morgan fingerprint density at radius 1 is 1.29 bits per heavy atom. The summed E-state index contributed by atoms with van der Waals surface area (Å²) in [4.78, 5) is 11.9. The SMILES string of the molecule is CCOc1ccc(NC(=O)CN[C@H](C)c2ccco2)cc1. The van der Waals surface area contributed by atoms with E-state index in [1.54, 1.807) is 6.26 Å². The largest absolute Gasteiger partial charge is 0.494 e. The number of hydrogen-bond donors (Lipinski definition) is 2. The van der Waals surface area contributed by atoms with Gasteiger partial charge in [0, 0.05) is 5.69 Å². The van der Waals surface area contributed by atoms with Crippen molar-refractivity contribution in [2.45, 2.75) is 19.9 Å². The highest BCUT2D eigenvalue weighted by Gasteiger charge is 2.09. The van der Waals surface area contributed by atoms with E-state index in [-0.39, 0.29) is 18.5 Å². The van der Waals surface area contributed by atoms with Crippen molar-refractivity contribution in [2.24, 2.45) is 0 Å². The number of ether oxygens (including phenoxy) is 1. The molecule has 0 saturated carbocycles. The molecule has 0 radical (unpaired) electrons. The van der Waals surface area contributed by atoms with Crippen molar-refractivity contribution >= 4 is 11.6 Å². The minimum atomic E-state index is -0.0995. The summed E-state index contributed by atoms with van der Waals surface area (Å²) in [6, 6.07) is 11.0. The zero-order valence-electron chi connectivity index (χ0n) is 12.3. The van der Waals surface area contributed by atoms with Gasteiger partial charge in [-0.3, -0.25) is 10.1 Å². The van der Waals surface area contributed by atoms with E-state index in [1.807, 2.05) is 50.2 Å². The predicted molar refractivity (Wildman–Crippen MR) is 81.4 cm³/mol. The van der Waals surface area contributed by atoms with Gasteiger partial charge >= 0.3 is 0 Å². The van der Waals surface area contributed by atoms with Gasteiger partial charge in [-0.25, -0.2) is 0 Å². The van der Waals surface area contributed by atoms with Gasteiger partial charge in [0.25, 0.3) is 0 Å². The Balaban J connectivity index is 1.78. The molecule has 0 aliphatic carbocycles. The van der Waals surface area contributed by atoms with Crippen LogP contribution in [0.5, 0.6) is 5.75 Å². The third kappa shape index (κ3) is 4.65. The molecule has 0 aliphatic heterocycles. The molecule has 1 heterocycles. The second kappa shape index (κ2) is 7.50. The van der Waals surface area contributed by atoms with Gasteiger partial charge in [0.2, 0.25) is 5.91 Å². The van der Waals surface area contributed by atoms with E-state index in [4.69, 9.17) is 9.15 Å². The van der Waals surface area contributed by atoms with E-state index in [9.17, 15) is 4.79 Å². The molecule has 0 saturated heterocycles. The fraction of sp³-hybridized carbons (Fsp3) is 0.312. The maximum absolute atomic E-state index is 11.9. The van der Waals surface area contributed by atoms with Gasteiger partial charge in [0.15, 0.2) is 0 Å². The average Bonchev–Trinajstić information content (AvgIpc) is 3.01. The molecule has 2 N–H and O–H groups in total. The Morgan fingerprint density at radius 3 is 2.67 bits per heavy atom. The van der Waals surface area contributed by atoms with Gasteiger partial charge in [-0.15, -0.1) is 0 Å². The maximum Gasteiger partial charge on any atom is 0.238 e. The molecule has 1 aromatic carbocycles. The number of anilines is 1. The lowest BCUT2D eigenvalue weighted by Crippen LogP contribution is -2.29. The minimum absolute atomic E-state index is 0.00826. The van der Waals surface area contributed by atoms with Gasteiger partial charge in [-0.05, 0) is 50.2 Å². The van der Waals surface area contributed by atoms with Gasteiger partial charge in [0.1, 0.15) is 11.5 Å². The highest BCUT2D eigenvalue weighted by Crippen LogP contribution is 2.15. The van der Waals surface area contributed by atoms with Gasteiger partial charge in [-0.1, -0.05) is 0 Å². The van der Waals surface area contributed by atoms with Crippen LogP contribution < -0.4 is 15.4 Å². The van der Waals surface area contributed by atoms with Crippen LogP contribution in [0, 0.1) is 0 Å². The lowest BCUT2D eigenvalue weighted by Gasteiger charge is -2.11. The van der Waals surface area contributed by atoms with Crippen molar-refractivity contribution in [3.05, 3.63) is 48.4 Å². The normalized spacial score (nSPS) is 11.9. The maximum atomic E-state index is 11.9. The van der Waals surface area contributed by atoms with Crippen LogP contribution in [0.1, 0.15) is 25.6 Å². The zero-order valence-corrected chi connectivity index (χ0v) is 12.3. The summed E-state index contributed by atoms with van der Waals surface area (Å²) < 4.78 is 10.6. The first-order chi connectivity index (χ1) is 10.2. The first-order valence-electron chi connectivity index (χ1n) is 6.98. The molecule has 0 spiro atoms. The summed E-state index contributed by atoms with van der Waals surface area (Å²) in [5.74, 6) is 1.50. The van der Waals surface area contributed by atoms with Crippen LogP contribution in [0.2, 0.25) is 0 Å². The standard InChI is InChI=1S/C16H20N2O3/c1-3-20-14-8-6-13(7-9-14)18-16(19)11-17-12(2)15-5-4-10-21-15/h4-10,12,17H,3,11H2,1-2H3,(H,18,19)/t12-/m1/s1. The van der Waals surface area contributed by atoms with E-state index in [0.717, 1.165) is 17.2 Å². The molecule has 1 atom stereocenters. The Hall–Kier alpha value is -2.27. The Kier molecular flexibility index (Phi) is 5.40. The molecule has 0 aliphatic rings. The molecule has 1 amide bonds. The van der Waals surface area contributed by atoms with Gasteiger partial charge in [0.05, 0.1) is 25.5 Å². The van der Waals surface area contributed by atoms with Crippen LogP contribution in [0.15, 0.2) is 47.1 Å². The lowest BCUT2D eigenvalue weighted by atomic mass is 10.2. The van der Waals surface area contributed by atoms with Crippen molar-refractivity contribution < 1.29 is 13.9 Å². The molecule has 5 nitrogen and oxygen atoms in total. The third-order valence-corrected chi connectivity index (χ3v) is 2.99. The third-order valence-electron chi connectivity index (χ3n) is 2.99. The number of carbonyl (C=O) groups excluding carboxylic acids is 1. The lowest BCUT2D eigenvalue weighted by molar-refractivity contribution is -0.115. The summed E-state index contributed by atoms with van der Waals surface area (Å²) in [7, 11) is 0. The van der Waals surface area contributed by atoms with Gasteiger partial charge < -0.3 is 14.5 Å². The average molecular weight is 288 g/mol. The van der Waals surface area contributed by atoms with Crippen LogP contribution in [0.25, 0.3) is 0 Å². The molecule has 0 bridgehead atoms. The van der Waals surface area contributed by atoms with E-state index in [2.05, 4.69) is 10.6 Å². The zero-order chi connectivity index (χ0) is 15.1. The molecule has 5 heteroatoms. The number of rotatable bonds is 7. The fourth-order valence-electron chi connectivity index (χ4n) is 1.89. The molecule has 1 aromatic heterocycles. The monoisotopic (exact) mass is 288 g/mol. The van der Waals surface area contributed by atoms with Crippen molar-refractivity contribution in [3.8, 4) is 5.75 Å². The molecule has 21 heavy (non-hydrogen) atoms. The van der Waals surface area contributed by atoms with Gasteiger partial charge in [-0.2, -0.15) is 0 Å². The molecule has 0 unspecified atom stereocenters. The van der Waals surface area contributed by atoms with Crippen molar-refractivity contribution in [1.29, 1.82) is 0 Å². The number of benzene rings is 1. The van der Waals surface area contributed by atoms with Crippen molar-refractivity contribution in [3.63, 3.8) is 0 Å². The van der Waals surface area contributed by atoms with E-state index >= 15 is 0 Å². The van der Waals surface area contributed by atoms with Crippen LogP contribution in [-0.2, 0) is 4.79 Å². The number of nitrogens with one attached hydrogen (secondary N) is 2. The Labute approximate surface area is 124 Å². The fourth-order valence-corrected chi connectivity index (χ4v) is 1.89. The molecular weight excluding hydrogens is 268 g/mol. The van der Waals surface area contributed by atoms with Crippen molar-refractivity contribution in [1.82, 2.24) is 5.32 Å². The molecule has 2 rings (SSSR count). The number of amides is 1. The molecular formula is C16H20N2O3. The van der Waals surface area contributed by atoms with Crippen LogP contribution in [0.4, 0.5) is 5.69 Å². The van der Waals surface area contributed by atoms with Crippen LogP contribution in [0.3, 0.4) is 0 Å². The second-order valence-electron chi connectivity index (χ2n) is 4.62. The van der Waals surface area contributed by atoms with Crippen molar-refractivity contribution in [2.75, 3.05) is 18.5 Å². The smallest absolute Gasteiger partial charge is 0.238 e. The number of hydrogen-bond acceptors (Lipinski definition) is 4. The van der Waals surface area contributed by atoms with E-state index in [0.29, 0.717) is 6.61 Å². The number of furan rings is 1. The summed E-state index contributed by atoms with van der Waals surface area (Å²) in [5.41, 5.74) is 0.746. The molecule has 112 valence electrons. The first-order valence-corrected chi connectivity index (χ1v) is 6.98. The summed E-state index contributed by atoms with van der Waals surface area (Å²) in [5, 5.41) is 5.93. The molecule has 2 aromatic rings.